The molecule has 2 aromatic carbocycles. The van der Waals surface area contributed by atoms with E-state index in [4.69, 9.17) is 4.52 Å². The zero-order valence-corrected chi connectivity index (χ0v) is 17.3. The molecule has 0 fully saturated rings. The van der Waals surface area contributed by atoms with Gasteiger partial charge in [-0.25, -0.2) is 5.01 Å². The number of nitrogens with zero attached hydrogens (tertiary/aromatic N) is 5. The van der Waals surface area contributed by atoms with Crippen LogP contribution < -0.4 is 10.2 Å². The highest BCUT2D eigenvalue weighted by molar-refractivity contribution is 6.02. The first-order valence-corrected chi connectivity index (χ1v) is 9.84. The highest BCUT2D eigenvalue weighted by atomic mass is 16.5. The predicted molar refractivity (Wildman–Crippen MR) is 117 cm³/mol. The molecule has 0 saturated heterocycles. The first kappa shape index (κ1) is 20.3. The van der Waals surface area contributed by atoms with E-state index in [1.165, 1.54) is 0 Å². The van der Waals surface area contributed by atoms with E-state index in [0.717, 1.165) is 16.3 Å². The second kappa shape index (κ2) is 8.78. The van der Waals surface area contributed by atoms with Gasteiger partial charge in [0.2, 0.25) is 17.6 Å². The van der Waals surface area contributed by atoms with Crippen LogP contribution in [-0.2, 0) is 9.59 Å². The van der Waals surface area contributed by atoms with E-state index in [1.54, 1.807) is 0 Å². The lowest BCUT2D eigenvalue weighted by molar-refractivity contribution is -0.135. The van der Waals surface area contributed by atoms with E-state index in [2.05, 4.69) is 20.6 Å². The molecule has 9 nitrogen and oxygen atoms in total. The van der Waals surface area contributed by atoms with Crippen molar-refractivity contribution in [2.24, 2.45) is 5.10 Å². The number of hydrogen-bond donors (Lipinski definition) is 1. The molecule has 0 aliphatic carbocycles. The van der Waals surface area contributed by atoms with Crippen LogP contribution in [0.1, 0.15) is 18.7 Å². The molecule has 9 heteroatoms. The summed E-state index contributed by atoms with van der Waals surface area (Å²) in [5, 5.41) is 12.2. The molecule has 1 aliphatic rings. The van der Waals surface area contributed by atoms with Gasteiger partial charge < -0.3 is 14.7 Å². The van der Waals surface area contributed by atoms with Gasteiger partial charge >= 0.3 is 0 Å². The molecule has 0 bridgehead atoms. The second-order valence-corrected chi connectivity index (χ2v) is 7.28. The topological polar surface area (TPSA) is 104 Å². The summed E-state index contributed by atoms with van der Waals surface area (Å²) in [6.07, 6.45) is 0.589. The standard InChI is InChI=1S/C22H22N6O3/c1-27(2)17-10-8-16(9-11-17)23-19(29)14-28-20(30)13-12-18(25-28)22-24-21(26-31-22)15-6-4-3-5-7-15/h3-11H,12-14H2,1-2H3,(H,23,29). The molecular weight excluding hydrogens is 396 g/mol. The van der Waals surface area contributed by atoms with Crippen LogP contribution in [0.25, 0.3) is 11.4 Å². The number of aromatic nitrogens is 2. The molecule has 4 rings (SSSR count). The molecule has 0 saturated carbocycles. The molecule has 31 heavy (non-hydrogen) atoms. The maximum Gasteiger partial charge on any atom is 0.274 e. The minimum Gasteiger partial charge on any atom is -0.378 e. The Balaban J connectivity index is 1.44. The number of hydrogen-bond acceptors (Lipinski definition) is 7. The molecule has 0 radical (unpaired) electrons. The molecule has 1 aromatic heterocycles. The third-order valence-electron chi connectivity index (χ3n) is 4.77. The summed E-state index contributed by atoms with van der Waals surface area (Å²) >= 11 is 0. The minimum absolute atomic E-state index is 0.197. The quantitative estimate of drug-likeness (QED) is 0.660. The Bertz CT molecular complexity index is 1110. The van der Waals surface area contributed by atoms with Crippen LogP contribution in [0.2, 0.25) is 0 Å². The molecule has 1 N–H and O–H groups in total. The summed E-state index contributed by atoms with van der Waals surface area (Å²) in [5.74, 6) is 0.118. The largest absolute Gasteiger partial charge is 0.378 e. The highest BCUT2D eigenvalue weighted by Gasteiger charge is 2.26. The average Bonchev–Trinajstić information content (AvgIpc) is 3.26. The van der Waals surface area contributed by atoms with Crippen molar-refractivity contribution in [1.82, 2.24) is 15.1 Å². The number of carbonyl (C=O) groups excluding carboxylic acids is 2. The van der Waals surface area contributed by atoms with E-state index < -0.39 is 0 Å². The number of amides is 2. The molecule has 0 unspecified atom stereocenters. The first-order chi connectivity index (χ1) is 15.0. The maximum absolute atomic E-state index is 12.4. The van der Waals surface area contributed by atoms with Gasteiger partial charge in [-0.3, -0.25) is 9.59 Å². The Morgan fingerprint density at radius 3 is 2.55 bits per heavy atom. The van der Waals surface area contributed by atoms with E-state index in [9.17, 15) is 9.59 Å². The monoisotopic (exact) mass is 418 g/mol. The van der Waals surface area contributed by atoms with Crippen LogP contribution in [0, 0.1) is 0 Å². The fourth-order valence-electron chi connectivity index (χ4n) is 3.10. The molecule has 0 atom stereocenters. The smallest absolute Gasteiger partial charge is 0.274 e. The molecule has 3 aromatic rings. The normalized spacial score (nSPS) is 13.7. The summed E-state index contributed by atoms with van der Waals surface area (Å²) in [7, 11) is 3.88. The average molecular weight is 418 g/mol. The summed E-state index contributed by atoms with van der Waals surface area (Å²) in [4.78, 5) is 31.1. The molecule has 1 aliphatic heterocycles. The van der Waals surface area contributed by atoms with Gasteiger partial charge in [-0.15, -0.1) is 0 Å². The van der Waals surface area contributed by atoms with Crippen molar-refractivity contribution in [2.45, 2.75) is 12.8 Å². The van der Waals surface area contributed by atoms with E-state index in [0.29, 0.717) is 23.6 Å². The fourth-order valence-corrected chi connectivity index (χ4v) is 3.10. The Labute approximate surface area is 179 Å². The fraction of sp³-hybridized carbons (Fsp3) is 0.227. The summed E-state index contributed by atoms with van der Waals surface area (Å²) in [5.41, 5.74) is 2.97. The van der Waals surface area contributed by atoms with Crippen LogP contribution in [-0.4, -0.2) is 53.3 Å². The SMILES string of the molecule is CN(C)c1ccc(NC(=O)CN2N=C(c3nc(-c4ccccc4)no3)CCC2=O)cc1. The van der Waals surface area contributed by atoms with Gasteiger partial charge in [-0.05, 0) is 24.3 Å². The second-order valence-electron chi connectivity index (χ2n) is 7.28. The summed E-state index contributed by atoms with van der Waals surface area (Å²) in [6, 6.07) is 16.8. The molecule has 0 spiro atoms. The van der Waals surface area contributed by atoms with Crippen molar-refractivity contribution in [3.8, 4) is 11.4 Å². The number of anilines is 2. The highest BCUT2D eigenvalue weighted by Crippen LogP contribution is 2.19. The van der Waals surface area contributed by atoms with Crippen LogP contribution in [0.4, 0.5) is 11.4 Å². The van der Waals surface area contributed by atoms with Gasteiger partial charge in [0.15, 0.2) is 0 Å². The first-order valence-electron chi connectivity index (χ1n) is 9.84. The van der Waals surface area contributed by atoms with Crippen molar-refractivity contribution in [2.75, 3.05) is 30.9 Å². The maximum atomic E-state index is 12.4. The Hall–Kier alpha value is -4.01. The number of carbonyl (C=O) groups is 2. The van der Waals surface area contributed by atoms with Gasteiger partial charge in [0, 0.05) is 43.9 Å². The molecule has 158 valence electrons. The molecular formula is C22H22N6O3. The zero-order chi connectivity index (χ0) is 21.8. The Morgan fingerprint density at radius 2 is 1.84 bits per heavy atom. The van der Waals surface area contributed by atoms with Gasteiger partial charge in [-0.2, -0.15) is 10.1 Å². The van der Waals surface area contributed by atoms with E-state index in [-0.39, 0.29) is 30.7 Å². The van der Waals surface area contributed by atoms with E-state index in [1.807, 2.05) is 73.6 Å². The summed E-state index contributed by atoms with van der Waals surface area (Å²) in [6.45, 7) is -0.197. The van der Waals surface area contributed by atoms with Gasteiger partial charge in [-0.1, -0.05) is 35.5 Å². The number of hydrazone groups is 1. The van der Waals surface area contributed by atoms with E-state index >= 15 is 0 Å². The van der Waals surface area contributed by atoms with Crippen molar-refractivity contribution < 1.29 is 14.1 Å². The van der Waals surface area contributed by atoms with Crippen LogP contribution in [0.15, 0.2) is 64.2 Å². The van der Waals surface area contributed by atoms with Crippen LogP contribution in [0.5, 0.6) is 0 Å². The number of nitrogens with one attached hydrogen (secondary N) is 1. The minimum atomic E-state index is -0.341. The summed E-state index contributed by atoms with van der Waals surface area (Å²) < 4.78 is 5.34. The van der Waals surface area contributed by atoms with Gasteiger partial charge in [0.05, 0.1) is 0 Å². The molecule has 2 heterocycles. The predicted octanol–water partition coefficient (Wildman–Crippen LogP) is 2.77. The third-order valence-corrected chi connectivity index (χ3v) is 4.77. The van der Waals surface area contributed by atoms with Gasteiger partial charge in [0.1, 0.15) is 12.3 Å². The van der Waals surface area contributed by atoms with Gasteiger partial charge in [0.25, 0.3) is 5.89 Å². The zero-order valence-electron chi connectivity index (χ0n) is 17.3. The molecule has 2 amide bonds. The van der Waals surface area contributed by atoms with Crippen molar-refractivity contribution in [3.05, 3.63) is 60.5 Å². The van der Waals surface area contributed by atoms with Crippen molar-refractivity contribution in [3.63, 3.8) is 0 Å². The van der Waals surface area contributed by atoms with Crippen molar-refractivity contribution in [1.29, 1.82) is 0 Å². The number of rotatable bonds is 6. The Morgan fingerprint density at radius 1 is 1.10 bits per heavy atom. The lowest BCUT2D eigenvalue weighted by Gasteiger charge is -2.21. The van der Waals surface area contributed by atoms with Crippen LogP contribution in [0.3, 0.4) is 0 Å². The Kier molecular flexibility index (Phi) is 5.74. The lowest BCUT2D eigenvalue weighted by Crippen LogP contribution is -2.38. The number of benzene rings is 2. The third kappa shape index (κ3) is 4.77. The lowest BCUT2D eigenvalue weighted by atomic mass is 10.1. The van der Waals surface area contributed by atoms with Crippen molar-refractivity contribution >= 4 is 28.9 Å². The van der Waals surface area contributed by atoms with Crippen LogP contribution >= 0.6 is 0 Å².